The average molecular weight is 271 g/mol. The first-order chi connectivity index (χ1) is 9.83. The van der Waals surface area contributed by atoms with Crippen molar-refractivity contribution >= 4 is 0 Å². The Balaban J connectivity index is 1.70. The molecule has 0 radical (unpaired) electrons. The molecule has 0 aliphatic heterocycles. The molecule has 0 atom stereocenters. The fourth-order valence-corrected chi connectivity index (χ4v) is 2.91. The maximum absolute atomic E-state index is 8.20. The minimum atomic E-state index is 0.402. The number of nitrogens with one attached hydrogen (secondary N) is 1. The quantitative estimate of drug-likeness (QED) is 0.926. The summed E-state index contributed by atoms with van der Waals surface area (Å²) in [7, 11) is 0. The Labute approximate surface area is 118 Å². The molecule has 20 heavy (non-hydrogen) atoms. The first-order valence-electron chi connectivity index (χ1n) is 7.42. The van der Waals surface area contributed by atoms with E-state index in [-0.39, 0.29) is 0 Å². The zero-order valence-electron chi connectivity index (χ0n) is 11.7. The Morgan fingerprint density at radius 3 is 2.45 bits per heavy atom. The third-order valence-corrected chi connectivity index (χ3v) is 4.08. The van der Waals surface area contributed by atoms with Crippen molar-refractivity contribution in [3.05, 3.63) is 41.5 Å². The first kappa shape index (κ1) is 13.1. The van der Waals surface area contributed by atoms with Gasteiger partial charge >= 0.3 is 0 Å². The van der Waals surface area contributed by atoms with Gasteiger partial charge in [-0.05, 0) is 34.7 Å². The summed E-state index contributed by atoms with van der Waals surface area (Å²) in [5.41, 5.74) is 1.55. The van der Waals surface area contributed by atoms with Crippen molar-refractivity contribution in [3.8, 4) is 0 Å². The van der Waals surface area contributed by atoms with Crippen LogP contribution in [0.5, 0.6) is 0 Å². The van der Waals surface area contributed by atoms with Gasteiger partial charge in [0.25, 0.3) is 0 Å². The van der Waals surface area contributed by atoms with Gasteiger partial charge in [0.1, 0.15) is 0 Å². The molecule has 1 N–H and O–H groups in total. The SMILES string of the molecule is N=c1n(Cc2ccccc2)nnn1CC1CCCCC1. The smallest absolute Gasteiger partial charge is 0.238 e. The highest BCUT2D eigenvalue weighted by molar-refractivity contribution is 5.14. The van der Waals surface area contributed by atoms with E-state index >= 15 is 0 Å². The molecular formula is C15H21N5. The number of hydrogen-bond acceptors (Lipinski definition) is 3. The summed E-state index contributed by atoms with van der Waals surface area (Å²) in [6.07, 6.45) is 6.51. The van der Waals surface area contributed by atoms with Crippen LogP contribution in [-0.4, -0.2) is 19.8 Å². The summed E-state index contributed by atoms with van der Waals surface area (Å²) in [6.45, 7) is 1.46. The molecule has 0 unspecified atom stereocenters. The lowest BCUT2D eigenvalue weighted by Gasteiger charge is -2.20. The second kappa shape index (κ2) is 6.03. The van der Waals surface area contributed by atoms with Crippen LogP contribution in [0.4, 0.5) is 0 Å². The fraction of sp³-hybridized carbons (Fsp3) is 0.533. The molecule has 0 saturated heterocycles. The van der Waals surface area contributed by atoms with Gasteiger partial charge in [-0.1, -0.05) is 49.6 Å². The second-order valence-corrected chi connectivity index (χ2v) is 5.63. The van der Waals surface area contributed by atoms with Crippen LogP contribution in [0.1, 0.15) is 37.7 Å². The molecule has 0 spiro atoms. The van der Waals surface area contributed by atoms with Crippen molar-refractivity contribution in [2.24, 2.45) is 5.92 Å². The van der Waals surface area contributed by atoms with Crippen LogP contribution in [-0.2, 0) is 13.1 Å². The number of tetrazole rings is 1. The van der Waals surface area contributed by atoms with E-state index in [2.05, 4.69) is 10.4 Å². The number of benzene rings is 1. The third kappa shape index (κ3) is 2.98. The number of aromatic nitrogens is 4. The Bertz CT molecular complexity index is 592. The van der Waals surface area contributed by atoms with Crippen LogP contribution in [0.15, 0.2) is 30.3 Å². The largest absolute Gasteiger partial charge is 0.266 e. The number of hydrogen-bond donors (Lipinski definition) is 1. The summed E-state index contributed by atoms with van der Waals surface area (Å²) in [6, 6.07) is 10.1. The molecule has 2 aromatic rings. The highest BCUT2D eigenvalue weighted by atomic mass is 15.6. The zero-order valence-corrected chi connectivity index (χ0v) is 11.7. The summed E-state index contributed by atoms with van der Waals surface area (Å²) >= 11 is 0. The highest BCUT2D eigenvalue weighted by Gasteiger charge is 2.15. The summed E-state index contributed by atoms with van der Waals surface area (Å²) < 4.78 is 3.41. The van der Waals surface area contributed by atoms with E-state index in [0.29, 0.717) is 18.1 Å². The predicted molar refractivity (Wildman–Crippen MR) is 76.0 cm³/mol. The van der Waals surface area contributed by atoms with Crippen molar-refractivity contribution in [2.45, 2.75) is 45.2 Å². The third-order valence-electron chi connectivity index (χ3n) is 4.08. The minimum Gasteiger partial charge on any atom is -0.266 e. The van der Waals surface area contributed by atoms with Crippen LogP contribution >= 0.6 is 0 Å². The Morgan fingerprint density at radius 1 is 1.00 bits per heavy atom. The molecule has 1 saturated carbocycles. The van der Waals surface area contributed by atoms with Crippen molar-refractivity contribution in [1.82, 2.24) is 19.8 Å². The van der Waals surface area contributed by atoms with E-state index in [0.717, 1.165) is 12.1 Å². The van der Waals surface area contributed by atoms with Crippen LogP contribution < -0.4 is 5.62 Å². The second-order valence-electron chi connectivity index (χ2n) is 5.63. The zero-order chi connectivity index (χ0) is 13.8. The van der Waals surface area contributed by atoms with Gasteiger partial charge in [0.15, 0.2) is 0 Å². The lowest BCUT2D eigenvalue weighted by Crippen LogP contribution is -2.29. The standard InChI is InChI=1S/C15H21N5/c16-15-19(11-13-7-3-1-4-8-13)17-18-20(15)12-14-9-5-2-6-10-14/h1,3-4,7-8,14,16H,2,5-6,9-12H2. The van der Waals surface area contributed by atoms with Crippen molar-refractivity contribution in [2.75, 3.05) is 0 Å². The summed E-state index contributed by atoms with van der Waals surface area (Å²) in [5, 5.41) is 16.5. The normalized spacial score (nSPS) is 16.4. The first-order valence-corrected chi connectivity index (χ1v) is 7.42. The molecular weight excluding hydrogens is 250 g/mol. The number of nitrogens with zero attached hydrogens (tertiary/aromatic N) is 4. The lowest BCUT2D eigenvalue weighted by atomic mass is 9.89. The van der Waals surface area contributed by atoms with E-state index < -0.39 is 0 Å². The maximum Gasteiger partial charge on any atom is 0.238 e. The molecule has 0 amide bonds. The molecule has 1 heterocycles. The Morgan fingerprint density at radius 2 is 1.70 bits per heavy atom. The van der Waals surface area contributed by atoms with Crippen molar-refractivity contribution in [3.63, 3.8) is 0 Å². The Hall–Kier alpha value is -1.91. The van der Waals surface area contributed by atoms with E-state index in [4.69, 9.17) is 5.41 Å². The number of rotatable bonds is 4. The molecule has 1 aromatic carbocycles. The van der Waals surface area contributed by atoms with E-state index in [1.54, 1.807) is 9.36 Å². The highest BCUT2D eigenvalue weighted by Crippen LogP contribution is 2.24. The van der Waals surface area contributed by atoms with Crippen LogP contribution in [0.25, 0.3) is 0 Å². The average Bonchev–Trinajstić information content (AvgIpc) is 2.83. The molecule has 3 rings (SSSR count). The summed E-state index contributed by atoms with van der Waals surface area (Å²) in [4.78, 5) is 0. The van der Waals surface area contributed by atoms with Crippen LogP contribution in [0.2, 0.25) is 0 Å². The van der Waals surface area contributed by atoms with E-state index in [9.17, 15) is 0 Å². The van der Waals surface area contributed by atoms with Gasteiger partial charge < -0.3 is 0 Å². The van der Waals surface area contributed by atoms with Gasteiger partial charge in [-0.3, -0.25) is 5.41 Å². The molecule has 1 fully saturated rings. The molecule has 106 valence electrons. The van der Waals surface area contributed by atoms with Crippen LogP contribution in [0.3, 0.4) is 0 Å². The van der Waals surface area contributed by atoms with Gasteiger partial charge in [0.2, 0.25) is 5.62 Å². The van der Waals surface area contributed by atoms with Gasteiger partial charge in [-0.25, -0.2) is 9.36 Å². The van der Waals surface area contributed by atoms with Gasteiger partial charge in [0, 0.05) is 6.54 Å². The van der Waals surface area contributed by atoms with Crippen molar-refractivity contribution < 1.29 is 0 Å². The molecule has 1 aliphatic rings. The lowest BCUT2D eigenvalue weighted by molar-refractivity contribution is 0.300. The molecule has 1 aliphatic carbocycles. The minimum absolute atomic E-state index is 0.402. The topological polar surface area (TPSA) is 59.5 Å². The van der Waals surface area contributed by atoms with E-state index in [1.807, 2.05) is 30.3 Å². The van der Waals surface area contributed by atoms with Gasteiger partial charge in [-0.15, -0.1) is 0 Å². The van der Waals surface area contributed by atoms with E-state index in [1.165, 1.54) is 32.1 Å². The predicted octanol–water partition coefficient (Wildman–Crippen LogP) is 2.19. The molecule has 0 bridgehead atoms. The maximum atomic E-state index is 8.20. The molecule has 5 nitrogen and oxygen atoms in total. The van der Waals surface area contributed by atoms with Crippen LogP contribution in [0, 0.1) is 11.3 Å². The molecule has 1 aromatic heterocycles. The Kier molecular flexibility index (Phi) is 3.95. The monoisotopic (exact) mass is 271 g/mol. The van der Waals surface area contributed by atoms with Gasteiger partial charge in [0.05, 0.1) is 6.54 Å². The van der Waals surface area contributed by atoms with Gasteiger partial charge in [-0.2, -0.15) is 0 Å². The fourth-order valence-electron chi connectivity index (χ4n) is 2.91. The summed E-state index contributed by atoms with van der Waals surface area (Å²) in [5.74, 6) is 0.666. The molecule has 5 heteroatoms. The van der Waals surface area contributed by atoms with Crippen molar-refractivity contribution in [1.29, 1.82) is 5.41 Å².